The van der Waals surface area contributed by atoms with E-state index < -0.39 is 12.6 Å². The lowest BCUT2D eigenvalue weighted by molar-refractivity contribution is -0.133. The van der Waals surface area contributed by atoms with Crippen LogP contribution in [0.2, 0.25) is 0 Å². The molecule has 1 N–H and O–H groups in total. The van der Waals surface area contributed by atoms with E-state index in [-0.39, 0.29) is 6.54 Å². The molecule has 0 saturated heterocycles. The smallest absolute Gasteiger partial charge is 0.312 e. The van der Waals surface area contributed by atoms with Crippen molar-refractivity contribution >= 4 is 0 Å². The average molecular weight is 245 g/mol. The molecule has 0 aliphatic rings. The molecule has 0 aromatic heterocycles. The maximum absolute atomic E-state index is 11.9. The van der Waals surface area contributed by atoms with E-state index in [0.29, 0.717) is 12.5 Å². The van der Waals surface area contributed by atoms with Crippen LogP contribution in [-0.4, -0.2) is 12.7 Å². The zero-order chi connectivity index (χ0) is 12.9. The Morgan fingerprint density at radius 2 is 1.71 bits per heavy atom. The summed E-state index contributed by atoms with van der Waals surface area (Å²) in [4.78, 5) is 0. The van der Waals surface area contributed by atoms with Crippen molar-refractivity contribution < 1.29 is 13.2 Å². The number of benzene rings is 1. The Labute approximate surface area is 100 Å². The molecule has 0 aliphatic heterocycles. The van der Waals surface area contributed by atoms with Gasteiger partial charge in [0.15, 0.2) is 0 Å². The van der Waals surface area contributed by atoms with Crippen LogP contribution in [0.15, 0.2) is 24.3 Å². The summed E-state index contributed by atoms with van der Waals surface area (Å²) in [7, 11) is 0. The Balaban J connectivity index is 2.33. The quantitative estimate of drug-likeness (QED) is 0.777. The van der Waals surface area contributed by atoms with E-state index in [2.05, 4.69) is 19.2 Å². The predicted molar refractivity (Wildman–Crippen MR) is 62.9 cm³/mol. The largest absolute Gasteiger partial charge is 0.390 e. The van der Waals surface area contributed by atoms with Crippen LogP contribution < -0.4 is 5.32 Å². The minimum absolute atomic E-state index is 0.0323. The summed E-state index contributed by atoms with van der Waals surface area (Å²) in [5.74, 6) is 0.474. The first-order chi connectivity index (χ1) is 7.88. The van der Waals surface area contributed by atoms with Gasteiger partial charge in [-0.1, -0.05) is 38.1 Å². The number of rotatable bonds is 5. The fourth-order valence-corrected chi connectivity index (χ4v) is 1.48. The van der Waals surface area contributed by atoms with Crippen molar-refractivity contribution in [1.82, 2.24) is 5.32 Å². The van der Waals surface area contributed by atoms with Crippen molar-refractivity contribution in [2.45, 2.75) is 38.9 Å². The number of nitrogens with one attached hydrogen (secondary N) is 1. The zero-order valence-corrected chi connectivity index (χ0v) is 10.1. The van der Waals surface area contributed by atoms with E-state index in [4.69, 9.17) is 0 Å². The average Bonchev–Trinajstić information content (AvgIpc) is 2.24. The van der Waals surface area contributed by atoms with Crippen molar-refractivity contribution in [3.05, 3.63) is 35.4 Å². The Bertz CT molecular complexity index is 328. The van der Waals surface area contributed by atoms with Crippen molar-refractivity contribution in [3.63, 3.8) is 0 Å². The molecule has 0 bridgehead atoms. The van der Waals surface area contributed by atoms with Crippen molar-refractivity contribution in [2.24, 2.45) is 0 Å². The number of alkyl halides is 3. The minimum atomic E-state index is -4.07. The summed E-state index contributed by atoms with van der Waals surface area (Å²) in [5.41, 5.74) is 2.25. The van der Waals surface area contributed by atoms with E-state index in [1.165, 1.54) is 5.56 Å². The predicted octanol–water partition coefficient (Wildman–Crippen LogP) is 3.85. The van der Waals surface area contributed by atoms with Gasteiger partial charge in [0.25, 0.3) is 0 Å². The molecule has 0 spiro atoms. The highest BCUT2D eigenvalue weighted by Crippen LogP contribution is 2.18. The van der Waals surface area contributed by atoms with Gasteiger partial charge in [0.1, 0.15) is 0 Å². The van der Waals surface area contributed by atoms with Gasteiger partial charge in [-0.3, -0.25) is 0 Å². The Kier molecular flexibility index (Phi) is 5.00. The molecule has 0 aliphatic carbocycles. The molecule has 96 valence electrons. The van der Waals surface area contributed by atoms with Gasteiger partial charge in [0, 0.05) is 13.1 Å². The van der Waals surface area contributed by atoms with E-state index in [9.17, 15) is 13.2 Å². The van der Waals surface area contributed by atoms with Crippen LogP contribution in [0.1, 0.15) is 37.3 Å². The molecule has 1 rings (SSSR count). The molecule has 0 radical (unpaired) electrons. The third kappa shape index (κ3) is 5.73. The molecule has 0 atom stereocenters. The summed E-state index contributed by atoms with van der Waals surface area (Å²) in [6.07, 6.45) is -4.86. The van der Waals surface area contributed by atoms with Crippen LogP contribution in [0.3, 0.4) is 0 Å². The molecule has 0 heterocycles. The standard InChI is InChI=1S/C13H18F3N/c1-10(2)12-5-3-11(4-6-12)9-17-8-7-13(14,15)16/h3-6,10,17H,7-9H2,1-2H3. The van der Waals surface area contributed by atoms with Gasteiger partial charge in [-0.15, -0.1) is 0 Å². The molecule has 4 heteroatoms. The van der Waals surface area contributed by atoms with Crippen molar-refractivity contribution in [1.29, 1.82) is 0 Å². The summed E-state index contributed by atoms with van der Waals surface area (Å²) in [6.45, 7) is 4.66. The van der Waals surface area contributed by atoms with E-state index in [1.54, 1.807) is 0 Å². The normalized spacial score (nSPS) is 12.1. The van der Waals surface area contributed by atoms with Crippen LogP contribution >= 0.6 is 0 Å². The Morgan fingerprint density at radius 3 is 2.18 bits per heavy atom. The lowest BCUT2D eigenvalue weighted by Gasteiger charge is -2.09. The summed E-state index contributed by atoms with van der Waals surface area (Å²) in [5, 5.41) is 2.79. The molecule has 1 aromatic carbocycles. The summed E-state index contributed by atoms with van der Waals surface area (Å²) < 4.78 is 35.6. The zero-order valence-electron chi connectivity index (χ0n) is 10.1. The highest BCUT2D eigenvalue weighted by atomic mass is 19.4. The molecule has 1 nitrogen and oxygen atoms in total. The molecule has 0 unspecified atom stereocenters. The lowest BCUT2D eigenvalue weighted by atomic mass is 10.0. The van der Waals surface area contributed by atoms with Gasteiger partial charge in [-0.2, -0.15) is 13.2 Å². The highest BCUT2D eigenvalue weighted by Gasteiger charge is 2.25. The lowest BCUT2D eigenvalue weighted by Crippen LogP contribution is -2.21. The van der Waals surface area contributed by atoms with Crippen LogP contribution in [0, 0.1) is 0 Å². The summed E-state index contributed by atoms with van der Waals surface area (Å²) >= 11 is 0. The van der Waals surface area contributed by atoms with Gasteiger partial charge in [-0.25, -0.2) is 0 Å². The second-order valence-corrected chi connectivity index (χ2v) is 4.44. The third-order valence-corrected chi connectivity index (χ3v) is 2.56. The van der Waals surface area contributed by atoms with Gasteiger partial charge in [0.05, 0.1) is 6.42 Å². The summed E-state index contributed by atoms with van der Waals surface area (Å²) in [6, 6.07) is 7.95. The van der Waals surface area contributed by atoms with E-state index >= 15 is 0 Å². The fraction of sp³-hybridized carbons (Fsp3) is 0.538. The topological polar surface area (TPSA) is 12.0 Å². The fourth-order valence-electron chi connectivity index (χ4n) is 1.48. The van der Waals surface area contributed by atoms with Crippen molar-refractivity contribution in [2.75, 3.05) is 6.54 Å². The highest BCUT2D eigenvalue weighted by molar-refractivity contribution is 5.24. The van der Waals surface area contributed by atoms with Gasteiger partial charge in [0.2, 0.25) is 0 Å². The first-order valence-electron chi connectivity index (χ1n) is 5.75. The first-order valence-corrected chi connectivity index (χ1v) is 5.75. The molecule has 1 aromatic rings. The Morgan fingerprint density at radius 1 is 1.12 bits per heavy atom. The van der Waals surface area contributed by atoms with Crippen LogP contribution in [0.4, 0.5) is 13.2 Å². The number of hydrogen-bond donors (Lipinski definition) is 1. The van der Waals surface area contributed by atoms with E-state index in [0.717, 1.165) is 5.56 Å². The van der Waals surface area contributed by atoms with Gasteiger partial charge >= 0.3 is 6.18 Å². The minimum Gasteiger partial charge on any atom is -0.312 e. The van der Waals surface area contributed by atoms with Gasteiger partial charge < -0.3 is 5.32 Å². The molecule has 0 fully saturated rings. The van der Waals surface area contributed by atoms with Crippen LogP contribution in [0.25, 0.3) is 0 Å². The van der Waals surface area contributed by atoms with Crippen molar-refractivity contribution in [3.8, 4) is 0 Å². The second-order valence-electron chi connectivity index (χ2n) is 4.44. The van der Waals surface area contributed by atoms with Gasteiger partial charge in [-0.05, 0) is 17.0 Å². The monoisotopic (exact) mass is 245 g/mol. The molecular weight excluding hydrogens is 227 g/mol. The Hall–Kier alpha value is -1.03. The molecule has 0 amide bonds. The SMILES string of the molecule is CC(C)c1ccc(CNCCC(F)(F)F)cc1. The molecule has 17 heavy (non-hydrogen) atoms. The number of hydrogen-bond acceptors (Lipinski definition) is 1. The van der Waals surface area contributed by atoms with Crippen LogP contribution in [-0.2, 0) is 6.54 Å². The maximum Gasteiger partial charge on any atom is 0.390 e. The maximum atomic E-state index is 11.9. The number of halogens is 3. The third-order valence-electron chi connectivity index (χ3n) is 2.56. The van der Waals surface area contributed by atoms with E-state index in [1.807, 2.05) is 24.3 Å². The van der Waals surface area contributed by atoms with Crippen LogP contribution in [0.5, 0.6) is 0 Å². The first kappa shape index (κ1) is 14.0. The molecule has 0 saturated carbocycles. The molecular formula is C13H18F3N. The second kappa shape index (κ2) is 6.05.